The van der Waals surface area contributed by atoms with Crippen molar-refractivity contribution >= 4 is 27.6 Å². The summed E-state index contributed by atoms with van der Waals surface area (Å²) in [6.45, 7) is 4.42. The Morgan fingerprint density at radius 3 is 2.36 bits per heavy atom. The third-order valence-corrected chi connectivity index (χ3v) is 6.07. The third-order valence-electron chi connectivity index (χ3n) is 4.20. The fourth-order valence-electron chi connectivity index (χ4n) is 2.68. The molecule has 0 N–H and O–H groups in total. The molecule has 0 spiro atoms. The van der Waals surface area contributed by atoms with Crippen LogP contribution in [0.15, 0.2) is 0 Å². The molecule has 1 fully saturated rings. The minimum absolute atomic E-state index is 0.179. The molecule has 1 aliphatic heterocycles. The molecular weight excluding hydrogens is 346 g/mol. The molecule has 0 aromatic heterocycles. The maximum absolute atomic E-state index is 12.3. The highest BCUT2D eigenvalue weighted by Gasteiger charge is 2.46. The number of unbranched alkanes of at least 4 members (excludes halogenated alkanes) is 5. The van der Waals surface area contributed by atoms with E-state index in [0.717, 1.165) is 37.0 Å². The van der Waals surface area contributed by atoms with Gasteiger partial charge in [0, 0.05) is 6.54 Å². The van der Waals surface area contributed by atoms with Crippen molar-refractivity contribution in [3.63, 3.8) is 0 Å². The van der Waals surface area contributed by atoms with Gasteiger partial charge in [-0.1, -0.05) is 46.0 Å². The highest BCUT2D eigenvalue weighted by molar-refractivity contribution is 7.93. The quantitative estimate of drug-likeness (QED) is 0.293. The van der Waals surface area contributed by atoms with E-state index in [4.69, 9.17) is 4.74 Å². The van der Waals surface area contributed by atoms with Crippen LogP contribution in [0.4, 0.5) is 0 Å². The van der Waals surface area contributed by atoms with Crippen molar-refractivity contribution in [3.05, 3.63) is 0 Å². The average molecular weight is 375 g/mol. The summed E-state index contributed by atoms with van der Waals surface area (Å²) in [6.07, 6.45) is 5.95. The molecular formula is C17H29NO6S. The number of amides is 2. The Balaban J connectivity index is 2.48. The number of rotatable bonds is 12. The fraction of sp³-hybridized carbons (Fsp3) is 0.824. The molecule has 0 bridgehead atoms. The van der Waals surface area contributed by atoms with Crippen LogP contribution in [-0.4, -0.2) is 55.3 Å². The minimum Gasteiger partial charge on any atom is -0.465 e. The summed E-state index contributed by atoms with van der Waals surface area (Å²) in [4.78, 5) is 36.8. The van der Waals surface area contributed by atoms with Crippen molar-refractivity contribution in [3.8, 4) is 0 Å². The number of carbonyl (C=O) groups excluding carboxylic acids is 3. The van der Waals surface area contributed by atoms with Crippen LogP contribution in [0.3, 0.4) is 0 Å². The molecule has 0 aromatic rings. The first-order valence-electron chi connectivity index (χ1n) is 9.04. The predicted molar refractivity (Wildman–Crippen MR) is 93.5 cm³/mol. The normalized spacial score (nSPS) is 18.0. The van der Waals surface area contributed by atoms with Crippen molar-refractivity contribution < 1.29 is 27.5 Å². The molecule has 144 valence electrons. The van der Waals surface area contributed by atoms with Crippen LogP contribution in [0.25, 0.3) is 0 Å². The van der Waals surface area contributed by atoms with E-state index in [0.29, 0.717) is 12.8 Å². The van der Waals surface area contributed by atoms with Crippen LogP contribution in [0, 0.1) is 0 Å². The number of nitrogens with zero attached hydrogens (tertiary/aromatic N) is 1. The van der Waals surface area contributed by atoms with Gasteiger partial charge in [0.05, 0.1) is 13.0 Å². The molecule has 1 heterocycles. The van der Waals surface area contributed by atoms with Crippen LogP contribution < -0.4 is 0 Å². The van der Waals surface area contributed by atoms with Crippen LogP contribution >= 0.6 is 0 Å². The lowest BCUT2D eigenvalue weighted by molar-refractivity contribution is -0.140. The van der Waals surface area contributed by atoms with Gasteiger partial charge in [-0.15, -0.1) is 0 Å². The van der Waals surface area contributed by atoms with Crippen LogP contribution in [0.1, 0.15) is 65.2 Å². The number of hydrogen-bond acceptors (Lipinski definition) is 6. The Bertz CT molecular complexity index is 572. The van der Waals surface area contributed by atoms with Gasteiger partial charge < -0.3 is 4.74 Å². The summed E-state index contributed by atoms with van der Waals surface area (Å²) in [6, 6.07) is 0. The predicted octanol–water partition coefficient (Wildman–Crippen LogP) is 1.84. The third kappa shape index (κ3) is 6.76. The topological polar surface area (TPSA) is 97.8 Å². The van der Waals surface area contributed by atoms with Gasteiger partial charge in [0.25, 0.3) is 0 Å². The van der Waals surface area contributed by atoms with Crippen molar-refractivity contribution in [1.29, 1.82) is 0 Å². The van der Waals surface area contributed by atoms with Crippen LogP contribution in [0.2, 0.25) is 0 Å². The molecule has 1 saturated heterocycles. The largest absolute Gasteiger partial charge is 0.465 e. The van der Waals surface area contributed by atoms with Crippen molar-refractivity contribution in [2.24, 2.45) is 0 Å². The Morgan fingerprint density at radius 2 is 1.72 bits per heavy atom. The van der Waals surface area contributed by atoms with Crippen LogP contribution in [0.5, 0.6) is 0 Å². The average Bonchev–Trinajstić information content (AvgIpc) is 2.83. The smallest absolute Gasteiger partial charge is 0.321 e. The Morgan fingerprint density at radius 1 is 1.08 bits per heavy atom. The maximum atomic E-state index is 12.3. The fourth-order valence-corrected chi connectivity index (χ4v) is 4.13. The van der Waals surface area contributed by atoms with Gasteiger partial charge in [-0.3, -0.25) is 19.3 Å². The molecule has 0 aromatic carbocycles. The second-order valence-corrected chi connectivity index (χ2v) is 8.56. The first kappa shape index (κ1) is 21.6. The zero-order valence-electron chi connectivity index (χ0n) is 15.2. The van der Waals surface area contributed by atoms with Gasteiger partial charge in [0.15, 0.2) is 9.84 Å². The van der Waals surface area contributed by atoms with Crippen molar-refractivity contribution in [2.45, 2.75) is 70.5 Å². The van der Waals surface area contributed by atoms with Gasteiger partial charge in [-0.05, 0) is 12.8 Å². The summed E-state index contributed by atoms with van der Waals surface area (Å²) in [5.41, 5.74) is 0. The first-order chi connectivity index (χ1) is 11.8. The van der Waals surface area contributed by atoms with Gasteiger partial charge in [0.2, 0.25) is 11.8 Å². The summed E-state index contributed by atoms with van der Waals surface area (Å²) >= 11 is 0. The maximum Gasteiger partial charge on any atom is 0.321 e. The second-order valence-electron chi connectivity index (χ2n) is 6.37. The standard InChI is InChI=1S/C17H29NO6S/c1-3-5-7-8-9-11-24-16(20)13-25(22,23)14-12-15(19)18(17(14)21)10-6-4-2/h14H,3-13H2,1-2H3. The summed E-state index contributed by atoms with van der Waals surface area (Å²) < 4.78 is 29.5. The minimum atomic E-state index is -4.04. The molecule has 1 aliphatic rings. The molecule has 0 radical (unpaired) electrons. The van der Waals surface area contributed by atoms with E-state index in [1.165, 1.54) is 0 Å². The molecule has 0 aliphatic carbocycles. The lowest BCUT2D eigenvalue weighted by Crippen LogP contribution is -2.37. The molecule has 1 rings (SSSR count). The number of carbonyl (C=O) groups is 3. The SMILES string of the molecule is CCCCCCCOC(=O)CS(=O)(=O)C1CC(=O)N(CCCC)C1=O. The summed E-state index contributed by atoms with van der Waals surface area (Å²) in [5.74, 6) is -2.92. The van der Waals surface area contributed by atoms with Crippen molar-refractivity contribution in [1.82, 2.24) is 4.90 Å². The zero-order valence-corrected chi connectivity index (χ0v) is 16.0. The highest BCUT2D eigenvalue weighted by atomic mass is 32.2. The lowest BCUT2D eigenvalue weighted by atomic mass is 10.2. The van der Waals surface area contributed by atoms with E-state index in [1.807, 2.05) is 6.92 Å². The van der Waals surface area contributed by atoms with Gasteiger partial charge >= 0.3 is 5.97 Å². The first-order valence-corrected chi connectivity index (χ1v) is 10.8. The molecule has 1 atom stereocenters. The van der Waals surface area contributed by atoms with Gasteiger partial charge in [0.1, 0.15) is 11.0 Å². The lowest BCUT2D eigenvalue weighted by Gasteiger charge is -2.14. The molecule has 7 nitrogen and oxygen atoms in total. The van der Waals surface area contributed by atoms with E-state index < -0.39 is 38.6 Å². The Hall–Kier alpha value is -1.44. The van der Waals surface area contributed by atoms with E-state index in [2.05, 4.69) is 6.92 Å². The summed E-state index contributed by atoms with van der Waals surface area (Å²) in [5, 5.41) is -1.45. The Labute approximate surface area is 150 Å². The van der Waals surface area contributed by atoms with Crippen molar-refractivity contribution in [2.75, 3.05) is 18.9 Å². The summed E-state index contributed by atoms with van der Waals surface area (Å²) in [7, 11) is -4.04. The highest BCUT2D eigenvalue weighted by Crippen LogP contribution is 2.21. The number of imide groups is 1. The van der Waals surface area contributed by atoms with Gasteiger partial charge in [-0.25, -0.2) is 8.42 Å². The second kappa shape index (κ2) is 10.5. The van der Waals surface area contributed by atoms with E-state index >= 15 is 0 Å². The molecule has 2 amide bonds. The molecule has 8 heteroatoms. The molecule has 1 unspecified atom stereocenters. The van der Waals surface area contributed by atoms with E-state index in [9.17, 15) is 22.8 Å². The van der Waals surface area contributed by atoms with E-state index in [-0.39, 0.29) is 19.6 Å². The molecule has 25 heavy (non-hydrogen) atoms. The van der Waals surface area contributed by atoms with Gasteiger partial charge in [-0.2, -0.15) is 0 Å². The number of ether oxygens (including phenoxy) is 1. The van der Waals surface area contributed by atoms with E-state index in [1.54, 1.807) is 0 Å². The number of sulfone groups is 1. The number of likely N-dealkylation sites (tertiary alicyclic amines) is 1. The molecule has 0 saturated carbocycles. The number of hydrogen-bond donors (Lipinski definition) is 0. The Kier molecular flexibility index (Phi) is 9.10. The monoisotopic (exact) mass is 375 g/mol. The van der Waals surface area contributed by atoms with Crippen LogP contribution in [-0.2, 0) is 29.0 Å². The number of esters is 1. The zero-order chi connectivity index (χ0) is 18.9.